The van der Waals surface area contributed by atoms with Crippen LogP contribution in [-0.2, 0) is 13.6 Å². The number of benzene rings is 1. The number of pyridine rings is 1. The Bertz CT molecular complexity index is 1180. The number of alkyl halides is 3. The molecule has 3 rings (SSSR count). The molecule has 2 heterocycles. The fourth-order valence-electron chi connectivity index (χ4n) is 2.82. The molecule has 0 fully saturated rings. The maximum absolute atomic E-state index is 12.7. The standard InChI is InChI=1S/C21H20ClF2N5O3/c1-28(2)11-18-16(17-9-19(30)29(3)12-26-17)8-13(10-25-18)20(31)27-14-4-6-15(7-5-14)32-21(22,23)24/h4-10,12H,11H2,1-3H3,(H,27,31). The molecule has 0 radical (unpaired) electrons. The molecule has 0 saturated carbocycles. The second-order valence-corrected chi connectivity index (χ2v) is 7.65. The van der Waals surface area contributed by atoms with Crippen LogP contribution in [0.2, 0.25) is 0 Å². The molecule has 0 aliphatic rings. The molecule has 8 nitrogen and oxygen atoms in total. The minimum absolute atomic E-state index is 0.156. The zero-order chi connectivity index (χ0) is 23.5. The topological polar surface area (TPSA) is 89.4 Å². The van der Waals surface area contributed by atoms with E-state index in [0.717, 1.165) is 0 Å². The van der Waals surface area contributed by atoms with Crippen molar-refractivity contribution in [2.24, 2.45) is 7.05 Å². The highest BCUT2D eigenvalue weighted by Crippen LogP contribution is 2.26. The minimum atomic E-state index is -3.83. The number of carbonyl (C=O) groups excluding carboxylic acids is 1. The maximum atomic E-state index is 12.7. The zero-order valence-electron chi connectivity index (χ0n) is 17.5. The molecule has 1 N–H and O–H groups in total. The van der Waals surface area contributed by atoms with Gasteiger partial charge in [0.1, 0.15) is 5.75 Å². The van der Waals surface area contributed by atoms with Crippen molar-refractivity contribution in [3.63, 3.8) is 0 Å². The zero-order valence-corrected chi connectivity index (χ0v) is 18.2. The van der Waals surface area contributed by atoms with Gasteiger partial charge in [0.25, 0.3) is 11.5 Å². The van der Waals surface area contributed by atoms with E-state index in [4.69, 9.17) is 11.6 Å². The van der Waals surface area contributed by atoms with Gasteiger partial charge in [0.2, 0.25) is 0 Å². The van der Waals surface area contributed by atoms with Crippen molar-refractivity contribution in [1.29, 1.82) is 0 Å². The number of hydrogen-bond donors (Lipinski definition) is 1. The Labute approximate surface area is 187 Å². The average Bonchev–Trinajstić information content (AvgIpc) is 2.70. The highest BCUT2D eigenvalue weighted by molar-refractivity contribution is 6.20. The van der Waals surface area contributed by atoms with Crippen LogP contribution in [0, 0.1) is 0 Å². The first-order chi connectivity index (χ1) is 15.0. The van der Waals surface area contributed by atoms with Crippen LogP contribution in [0.5, 0.6) is 5.75 Å². The van der Waals surface area contributed by atoms with Crippen molar-refractivity contribution in [1.82, 2.24) is 19.4 Å². The van der Waals surface area contributed by atoms with Gasteiger partial charge >= 0.3 is 5.57 Å². The number of hydrogen-bond acceptors (Lipinski definition) is 6. The Morgan fingerprint density at radius 3 is 2.50 bits per heavy atom. The van der Waals surface area contributed by atoms with Crippen LogP contribution < -0.4 is 15.6 Å². The van der Waals surface area contributed by atoms with Crippen LogP contribution in [0.3, 0.4) is 0 Å². The van der Waals surface area contributed by atoms with Crippen LogP contribution >= 0.6 is 11.6 Å². The highest BCUT2D eigenvalue weighted by atomic mass is 35.5. The number of aryl methyl sites for hydroxylation is 1. The van der Waals surface area contributed by atoms with Gasteiger partial charge < -0.3 is 19.5 Å². The number of ether oxygens (including phenoxy) is 1. The van der Waals surface area contributed by atoms with Crippen molar-refractivity contribution >= 4 is 23.2 Å². The maximum Gasteiger partial charge on any atom is 0.487 e. The smallest absolute Gasteiger partial charge is 0.420 e. The van der Waals surface area contributed by atoms with E-state index in [1.807, 2.05) is 19.0 Å². The van der Waals surface area contributed by atoms with Gasteiger partial charge in [-0.05, 0) is 44.4 Å². The molecule has 0 atom stereocenters. The van der Waals surface area contributed by atoms with Gasteiger partial charge in [-0.3, -0.25) is 14.6 Å². The number of nitrogens with one attached hydrogen (secondary N) is 1. The fourth-order valence-corrected chi connectivity index (χ4v) is 2.91. The molecule has 0 aliphatic heterocycles. The van der Waals surface area contributed by atoms with Gasteiger partial charge in [-0.1, -0.05) is 0 Å². The number of carbonyl (C=O) groups is 1. The van der Waals surface area contributed by atoms with Gasteiger partial charge in [0.15, 0.2) is 0 Å². The molecular formula is C21H20ClF2N5O3. The lowest BCUT2D eigenvalue weighted by Gasteiger charge is -2.15. The molecule has 0 bridgehead atoms. The molecule has 1 aromatic carbocycles. The van der Waals surface area contributed by atoms with Crippen LogP contribution in [0.4, 0.5) is 14.5 Å². The Kier molecular flexibility index (Phi) is 6.85. The molecular weight excluding hydrogens is 444 g/mol. The van der Waals surface area contributed by atoms with E-state index in [1.54, 1.807) is 13.1 Å². The third-order valence-corrected chi connectivity index (χ3v) is 4.38. The second kappa shape index (κ2) is 9.41. The lowest BCUT2D eigenvalue weighted by atomic mass is 10.1. The summed E-state index contributed by atoms with van der Waals surface area (Å²) >= 11 is 4.74. The monoisotopic (exact) mass is 463 g/mol. The third-order valence-electron chi connectivity index (χ3n) is 4.30. The van der Waals surface area contributed by atoms with Gasteiger partial charge in [-0.15, -0.1) is 8.78 Å². The molecule has 3 aromatic rings. The summed E-state index contributed by atoms with van der Waals surface area (Å²) in [5, 5.41) is 2.66. The largest absolute Gasteiger partial charge is 0.487 e. The summed E-state index contributed by atoms with van der Waals surface area (Å²) in [5.74, 6) is -0.632. The Hall–Kier alpha value is -3.37. The van der Waals surface area contributed by atoms with Crippen molar-refractivity contribution in [2.75, 3.05) is 19.4 Å². The number of rotatable bonds is 7. The molecule has 1 amide bonds. The Balaban J connectivity index is 1.88. The van der Waals surface area contributed by atoms with E-state index in [9.17, 15) is 18.4 Å². The quantitative estimate of drug-likeness (QED) is 0.541. The molecule has 168 valence electrons. The van der Waals surface area contributed by atoms with E-state index in [0.29, 0.717) is 29.2 Å². The van der Waals surface area contributed by atoms with E-state index in [1.165, 1.54) is 47.4 Å². The van der Waals surface area contributed by atoms with Gasteiger partial charge in [-0.2, -0.15) is 0 Å². The lowest BCUT2D eigenvalue weighted by molar-refractivity contribution is -0.0964. The van der Waals surface area contributed by atoms with E-state index in [2.05, 4.69) is 20.0 Å². The number of anilines is 1. The Morgan fingerprint density at radius 2 is 1.91 bits per heavy atom. The van der Waals surface area contributed by atoms with Gasteiger partial charge in [-0.25, -0.2) is 4.98 Å². The number of aromatic nitrogens is 3. The number of amides is 1. The number of halogens is 3. The van der Waals surface area contributed by atoms with Crippen LogP contribution in [0.25, 0.3) is 11.3 Å². The predicted octanol–water partition coefficient (Wildman–Crippen LogP) is 3.32. The van der Waals surface area contributed by atoms with Crippen LogP contribution in [0.15, 0.2) is 53.7 Å². The lowest BCUT2D eigenvalue weighted by Crippen LogP contribution is -2.18. The number of nitrogens with zero attached hydrogens (tertiary/aromatic N) is 4. The minimum Gasteiger partial charge on any atom is -0.420 e. The molecule has 0 aliphatic carbocycles. The van der Waals surface area contributed by atoms with Crippen molar-refractivity contribution in [2.45, 2.75) is 12.1 Å². The fraction of sp³-hybridized carbons (Fsp3) is 0.238. The van der Waals surface area contributed by atoms with Crippen molar-refractivity contribution < 1.29 is 18.3 Å². The first-order valence-electron chi connectivity index (χ1n) is 9.36. The summed E-state index contributed by atoms with van der Waals surface area (Å²) in [5.41, 5.74) is -1.88. The second-order valence-electron chi connectivity index (χ2n) is 7.21. The molecule has 2 aromatic heterocycles. The van der Waals surface area contributed by atoms with Gasteiger partial charge in [0.05, 0.1) is 23.3 Å². The molecule has 0 spiro atoms. The molecule has 0 saturated heterocycles. The first kappa shape index (κ1) is 23.3. The summed E-state index contributed by atoms with van der Waals surface area (Å²) in [4.78, 5) is 35.4. The molecule has 11 heteroatoms. The van der Waals surface area contributed by atoms with Crippen LogP contribution in [-0.4, -0.2) is 45.0 Å². The van der Waals surface area contributed by atoms with E-state index >= 15 is 0 Å². The molecule has 32 heavy (non-hydrogen) atoms. The van der Waals surface area contributed by atoms with E-state index in [-0.39, 0.29) is 16.9 Å². The van der Waals surface area contributed by atoms with Crippen LogP contribution in [0.1, 0.15) is 16.1 Å². The predicted molar refractivity (Wildman–Crippen MR) is 116 cm³/mol. The summed E-state index contributed by atoms with van der Waals surface area (Å²) < 4.78 is 31.0. The summed E-state index contributed by atoms with van der Waals surface area (Å²) in [7, 11) is 5.33. The highest BCUT2D eigenvalue weighted by Gasteiger charge is 2.27. The first-order valence-corrected chi connectivity index (χ1v) is 9.73. The third kappa shape index (κ3) is 6.08. The normalized spacial score (nSPS) is 11.5. The van der Waals surface area contributed by atoms with Crippen molar-refractivity contribution in [3.05, 3.63) is 70.5 Å². The SMILES string of the molecule is CN(C)Cc1ncc(C(=O)Nc2ccc(OC(F)(F)Cl)cc2)cc1-c1cc(=O)n(C)cn1. The van der Waals surface area contributed by atoms with Gasteiger partial charge in [0, 0.05) is 48.7 Å². The van der Waals surface area contributed by atoms with Crippen molar-refractivity contribution in [3.8, 4) is 17.0 Å². The summed E-state index contributed by atoms with van der Waals surface area (Å²) in [6.45, 7) is 0.473. The summed E-state index contributed by atoms with van der Waals surface area (Å²) in [6.07, 6.45) is 2.82. The van der Waals surface area contributed by atoms with E-state index < -0.39 is 11.5 Å². The Morgan fingerprint density at radius 1 is 1.22 bits per heavy atom. The molecule has 0 unspecified atom stereocenters. The average molecular weight is 464 g/mol. The summed E-state index contributed by atoms with van der Waals surface area (Å²) in [6, 6.07) is 8.27.